The lowest BCUT2D eigenvalue weighted by Crippen LogP contribution is -2.35. The molecule has 4 nitrogen and oxygen atoms in total. The summed E-state index contributed by atoms with van der Waals surface area (Å²) >= 11 is 0. The maximum atomic E-state index is 13.2. The van der Waals surface area contributed by atoms with Crippen molar-refractivity contribution in [2.45, 2.75) is 32.0 Å². The number of alkyl halides is 3. The van der Waals surface area contributed by atoms with Crippen LogP contribution in [0.3, 0.4) is 0 Å². The highest BCUT2D eigenvalue weighted by atomic mass is 19.4. The van der Waals surface area contributed by atoms with Crippen molar-refractivity contribution in [1.82, 2.24) is 14.7 Å². The molecule has 0 spiro atoms. The molecule has 1 aliphatic rings. The number of aromatic nitrogens is 2. The number of likely N-dealkylation sites (tertiary alicyclic amines) is 1. The SMILES string of the molecule is O=c1c(-c2ccccc2)cc(-c2cccc(C(F)(F)F)c2)nn1CCN1CCCCC1. The van der Waals surface area contributed by atoms with E-state index in [4.69, 9.17) is 0 Å². The first-order chi connectivity index (χ1) is 14.9. The predicted molar refractivity (Wildman–Crippen MR) is 115 cm³/mol. The summed E-state index contributed by atoms with van der Waals surface area (Å²) in [6, 6.07) is 15.8. The second-order valence-electron chi connectivity index (χ2n) is 7.82. The van der Waals surface area contributed by atoms with Gasteiger partial charge in [-0.15, -0.1) is 0 Å². The summed E-state index contributed by atoms with van der Waals surface area (Å²) in [5.41, 5.74) is 0.858. The van der Waals surface area contributed by atoms with Gasteiger partial charge in [-0.2, -0.15) is 18.3 Å². The molecule has 2 aromatic carbocycles. The molecule has 0 unspecified atom stereocenters. The number of hydrogen-bond acceptors (Lipinski definition) is 3. The van der Waals surface area contributed by atoms with Crippen molar-refractivity contribution in [3.63, 3.8) is 0 Å². The fraction of sp³-hybridized carbons (Fsp3) is 0.333. The molecule has 162 valence electrons. The van der Waals surface area contributed by atoms with Gasteiger partial charge < -0.3 is 4.90 Å². The minimum absolute atomic E-state index is 0.237. The summed E-state index contributed by atoms with van der Waals surface area (Å²) in [6.07, 6.45) is -0.942. The van der Waals surface area contributed by atoms with E-state index < -0.39 is 11.7 Å². The van der Waals surface area contributed by atoms with Gasteiger partial charge >= 0.3 is 6.18 Å². The normalized spacial score (nSPS) is 15.2. The molecule has 2 heterocycles. The smallest absolute Gasteiger partial charge is 0.301 e. The van der Waals surface area contributed by atoms with Crippen LogP contribution in [0.2, 0.25) is 0 Å². The molecule has 4 rings (SSSR count). The quantitative estimate of drug-likeness (QED) is 0.570. The minimum Gasteiger partial charge on any atom is -0.301 e. The van der Waals surface area contributed by atoms with Crippen molar-refractivity contribution in [1.29, 1.82) is 0 Å². The van der Waals surface area contributed by atoms with Crippen LogP contribution in [-0.2, 0) is 12.7 Å². The van der Waals surface area contributed by atoms with E-state index in [1.54, 1.807) is 12.1 Å². The Labute approximate surface area is 178 Å². The molecule has 0 saturated carbocycles. The van der Waals surface area contributed by atoms with E-state index in [1.165, 1.54) is 17.2 Å². The van der Waals surface area contributed by atoms with Crippen LogP contribution in [0.15, 0.2) is 65.5 Å². The van der Waals surface area contributed by atoms with Gasteiger partial charge in [0.1, 0.15) is 0 Å². The van der Waals surface area contributed by atoms with Gasteiger partial charge in [0.25, 0.3) is 5.56 Å². The zero-order valence-corrected chi connectivity index (χ0v) is 17.1. The highest BCUT2D eigenvalue weighted by Crippen LogP contribution is 2.32. The zero-order chi connectivity index (χ0) is 21.8. The number of piperidine rings is 1. The molecule has 1 fully saturated rings. The Morgan fingerprint density at radius 2 is 1.55 bits per heavy atom. The lowest BCUT2D eigenvalue weighted by molar-refractivity contribution is -0.137. The molecule has 0 N–H and O–H groups in total. The van der Waals surface area contributed by atoms with E-state index in [2.05, 4.69) is 10.00 Å². The summed E-state index contributed by atoms with van der Waals surface area (Å²) in [5, 5.41) is 4.45. The number of nitrogens with zero attached hydrogens (tertiary/aromatic N) is 3. The number of hydrogen-bond donors (Lipinski definition) is 0. The summed E-state index contributed by atoms with van der Waals surface area (Å²) in [4.78, 5) is 15.5. The fourth-order valence-electron chi connectivity index (χ4n) is 3.93. The van der Waals surface area contributed by atoms with E-state index in [1.807, 2.05) is 30.3 Å². The van der Waals surface area contributed by atoms with Gasteiger partial charge in [-0.1, -0.05) is 48.9 Å². The molecule has 0 aliphatic carbocycles. The largest absolute Gasteiger partial charge is 0.416 e. The molecule has 31 heavy (non-hydrogen) atoms. The van der Waals surface area contributed by atoms with Crippen molar-refractivity contribution >= 4 is 0 Å². The highest BCUT2D eigenvalue weighted by Gasteiger charge is 2.30. The van der Waals surface area contributed by atoms with Crippen LogP contribution in [0.1, 0.15) is 24.8 Å². The van der Waals surface area contributed by atoms with Crippen molar-refractivity contribution in [3.05, 3.63) is 76.6 Å². The minimum atomic E-state index is -4.44. The van der Waals surface area contributed by atoms with Crippen LogP contribution in [0.5, 0.6) is 0 Å². The van der Waals surface area contributed by atoms with Crippen molar-refractivity contribution in [2.24, 2.45) is 0 Å². The Morgan fingerprint density at radius 3 is 2.26 bits per heavy atom. The van der Waals surface area contributed by atoms with Gasteiger partial charge in [-0.05, 0) is 49.7 Å². The van der Waals surface area contributed by atoms with Gasteiger partial charge in [0.05, 0.1) is 23.4 Å². The maximum Gasteiger partial charge on any atom is 0.416 e. The second-order valence-corrected chi connectivity index (χ2v) is 7.82. The Kier molecular flexibility index (Phi) is 6.23. The molecular weight excluding hydrogens is 403 g/mol. The molecule has 0 atom stereocenters. The average Bonchev–Trinajstić information content (AvgIpc) is 2.79. The molecule has 0 radical (unpaired) electrons. The van der Waals surface area contributed by atoms with Gasteiger partial charge in [-0.25, -0.2) is 4.68 Å². The first-order valence-corrected chi connectivity index (χ1v) is 10.5. The third-order valence-electron chi connectivity index (χ3n) is 5.62. The molecule has 1 aliphatic heterocycles. The second kappa shape index (κ2) is 9.06. The van der Waals surface area contributed by atoms with Crippen LogP contribution in [-0.4, -0.2) is 34.3 Å². The van der Waals surface area contributed by atoms with E-state index in [-0.39, 0.29) is 5.56 Å². The van der Waals surface area contributed by atoms with Crippen molar-refractivity contribution < 1.29 is 13.2 Å². The Bertz CT molecular complexity index is 1090. The van der Waals surface area contributed by atoms with Crippen LogP contribution in [0.25, 0.3) is 22.4 Å². The topological polar surface area (TPSA) is 38.1 Å². The summed E-state index contributed by atoms with van der Waals surface area (Å²) in [7, 11) is 0. The zero-order valence-electron chi connectivity index (χ0n) is 17.1. The van der Waals surface area contributed by atoms with Gasteiger partial charge in [-0.3, -0.25) is 4.79 Å². The Morgan fingerprint density at radius 1 is 0.839 bits per heavy atom. The highest BCUT2D eigenvalue weighted by molar-refractivity contribution is 5.69. The Balaban J connectivity index is 1.75. The first kappa shape index (κ1) is 21.3. The monoisotopic (exact) mass is 427 g/mol. The van der Waals surface area contributed by atoms with Crippen LogP contribution in [0, 0.1) is 0 Å². The number of rotatable bonds is 5. The fourth-order valence-corrected chi connectivity index (χ4v) is 3.93. The molecule has 1 aromatic heterocycles. The summed E-state index contributed by atoms with van der Waals surface area (Å²) in [5.74, 6) is 0. The van der Waals surface area contributed by atoms with Crippen molar-refractivity contribution in [2.75, 3.05) is 19.6 Å². The van der Waals surface area contributed by atoms with E-state index in [0.29, 0.717) is 29.9 Å². The molecule has 3 aromatic rings. The van der Waals surface area contributed by atoms with E-state index in [9.17, 15) is 18.0 Å². The predicted octanol–water partition coefficient (Wildman–Crippen LogP) is 5.08. The molecular formula is C24H24F3N3O. The van der Waals surface area contributed by atoms with Gasteiger partial charge in [0, 0.05) is 12.1 Å². The van der Waals surface area contributed by atoms with Crippen LogP contribution >= 0.6 is 0 Å². The van der Waals surface area contributed by atoms with Crippen LogP contribution < -0.4 is 5.56 Å². The Hall–Kier alpha value is -2.93. The maximum absolute atomic E-state index is 13.2. The first-order valence-electron chi connectivity index (χ1n) is 10.5. The summed E-state index contributed by atoms with van der Waals surface area (Å²) < 4.78 is 41.0. The lowest BCUT2D eigenvalue weighted by atomic mass is 10.0. The number of benzene rings is 2. The summed E-state index contributed by atoms with van der Waals surface area (Å²) in [6.45, 7) is 3.07. The van der Waals surface area contributed by atoms with Crippen molar-refractivity contribution in [3.8, 4) is 22.4 Å². The third kappa shape index (κ3) is 5.05. The van der Waals surface area contributed by atoms with Gasteiger partial charge in [0.2, 0.25) is 0 Å². The molecule has 0 amide bonds. The van der Waals surface area contributed by atoms with E-state index in [0.717, 1.165) is 43.6 Å². The molecule has 1 saturated heterocycles. The molecule has 0 bridgehead atoms. The van der Waals surface area contributed by atoms with Gasteiger partial charge in [0.15, 0.2) is 0 Å². The third-order valence-corrected chi connectivity index (χ3v) is 5.62. The number of halogens is 3. The molecule has 7 heteroatoms. The average molecular weight is 427 g/mol. The van der Waals surface area contributed by atoms with E-state index >= 15 is 0 Å². The van der Waals surface area contributed by atoms with Crippen LogP contribution in [0.4, 0.5) is 13.2 Å². The lowest BCUT2D eigenvalue weighted by Gasteiger charge is -2.26. The standard InChI is InChI=1S/C24H24F3N3O/c25-24(26,27)20-11-7-10-19(16-20)22-17-21(18-8-3-1-4-9-18)23(31)30(28-22)15-14-29-12-5-2-6-13-29/h1,3-4,7-11,16-17H,2,5-6,12-15H2.